The highest BCUT2D eigenvalue weighted by Gasteiger charge is 2.23. The lowest BCUT2D eigenvalue weighted by Gasteiger charge is -2.35. The van der Waals surface area contributed by atoms with E-state index in [4.69, 9.17) is 4.74 Å². The molecule has 1 amide bonds. The second-order valence-electron chi connectivity index (χ2n) is 6.88. The van der Waals surface area contributed by atoms with Crippen LogP contribution < -0.4 is 10.0 Å². The van der Waals surface area contributed by atoms with E-state index in [2.05, 4.69) is 14.9 Å². The molecule has 2 aromatic carbocycles. The second-order valence-corrected chi connectivity index (χ2v) is 8.63. The number of ether oxygens (including phenoxy) is 1. The van der Waals surface area contributed by atoms with Gasteiger partial charge in [0.15, 0.2) is 0 Å². The van der Waals surface area contributed by atoms with Crippen molar-refractivity contribution in [2.45, 2.75) is 6.04 Å². The molecule has 9 heteroatoms. The van der Waals surface area contributed by atoms with Crippen LogP contribution in [0.5, 0.6) is 0 Å². The Morgan fingerprint density at radius 1 is 1.17 bits per heavy atom. The Labute approximate surface area is 169 Å². The fourth-order valence-corrected chi connectivity index (χ4v) is 3.82. The number of nitrogens with zero attached hydrogens (tertiary/aromatic N) is 1. The van der Waals surface area contributed by atoms with Gasteiger partial charge in [-0.05, 0) is 35.9 Å². The van der Waals surface area contributed by atoms with Gasteiger partial charge in [0, 0.05) is 30.9 Å². The molecule has 3 rings (SSSR count). The number of benzene rings is 2. The van der Waals surface area contributed by atoms with Crippen molar-refractivity contribution in [3.05, 3.63) is 65.5 Å². The summed E-state index contributed by atoms with van der Waals surface area (Å²) in [6.45, 7) is 2.96. The molecule has 1 atom stereocenters. The summed E-state index contributed by atoms with van der Waals surface area (Å²) in [5.41, 5.74) is 1.57. The predicted octanol–water partition coefficient (Wildman–Crippen LogP) is 2.00. The van der Waals surface area contributed by atoms with Crippen LogP contribution in [0, 0.1) is 5.82 Å². The molecular weight excluding hydrogens is 397 g/mol. The molecule has 0 radical (unpaired) electrons. The third-order valence-electron chi connectivity index (χ3n) is 4.63. The van der Waals surface area contributed by atoms with E-state index < -0.39 is 10.0 Å². The van der Waals surface area contributed by atoms with E-state index in [1.807, 2.05) is 0 Å². The smallest absolute Gasteiger partial charge is 0.251 e. The van der Waals surface area contributed by atoms with E-state index in [9.17, 15) is 17.6 Å². The fourth-order valence-electron chi connectivity index (χ4n) is 3.26. The van der Waals surface area contributed by atoms with Crippen LogP contribution in [-0.4, -0.2) is 58.3 Å². The molecule has 2 aromatic rings. The molecule has 1 saturated heterocycles. The average Bonchev–Trinajstić information content (AvgIpc) is 2.69. The number of hydrogen-bond acceptors (Lipinski definition) is 5. The van der Waals surface area contributed by atoms with Crippen molar-refractivity contribution in [2.75, 3.05) is 43.8 Å². The first kappa shape index (κ1) is 21.2. The molecule has 0 spiro atoms. The Bertz CT molecular complexity index is 944. The first-order valence-corrected chi connectivity index (χ1v) is 11.1. The normalized spacial score (nSPS) is 16.2. The maximum Gasteiger partial charge on any atom is 0.251 e. The molecule has 1 fully saturated rings. The summed E-state index contributed by atoms with van der Waals surface area (Å²) in [7, 11) is -3.43. The number of carbonyl (C=O) groups excluding carboxylic acids is 1. The molecule has 1 aliphatic rings. The van der Waals surface area contributed by atoms with Crippen LogP contribution in [0.15, 0.2) is 48.5 Å². The van der Waals surface area contributed by atoms with Crippen molar-refractivity contribution < 1.29 is 22.3 Å². The van der Waals surface area contributed by atoms with Crippen LogP contribution in [0.3, 0.4) is 0 Å². The zero-order valence-corrected chi connectivity index (χ0v) is 16.9. The van der Waals surface area contributed by atoms with Crippen molar-refractivity contribution in [3.63, 3.8) is 0 Å². The van der Waals surface area contributed by atoms with E-state index in [0.717, 1.165) is 11.8 Å². The van der Waals surface area contributed by atoms with Crippen molar-refractivity contribution in [1.82, 2.24) is 10.2 Å². The van der Waals surface area contributed by atoms with Crippen LogP contribution >= 0.6 is 0 Å². The van der Waals surface area contributed by atoms with Gasteiger partial charge in [0.25, 0.3) is 5.91 Å². The summed E-state index contributed by atoms with van der Waals surface area (Å²) in [6.07, 6.45) is 1.05. The molecule has 1 aliphatic heterocycles. The van der Waals surface area contributed by atoms with Crippen LogP contribution in [0.25, 0.3) is 0 Å². The molecule has 0 saturated carbocycles. The van der Waals surface area contributed by atoms with Gasteiger partial charge in [0.05, 0.1) is 25.5 Å². The number of carbonyl (C=O) groups is 1. The van der Waals surface area contributed by atoms with Crippen LogP contribution in [0.1, 0.15) is 22.0 Å². The first-order chi connectivity index (χ1) is 13.8. The van der Waals surface area contributed by atoms with E-state index in [0.29, 0.717) is 44.1 Å². The number of nitrogens with one attached hydrogen (secondary N) is 2. The summed E-state index contributed by atoms with van der Waals surface area (Å²) in [6, 6.07) is 12.4. The largest absolute Gasteiger partial charge is 0.379 e. The molecule has 0 bridgehead atoms. The first-order valence-electron chi connectivity index (χ1n) is 9.25. The maximum atomic E-state index is 13.3. The molecular formula is C20H24FN3O4S. The standard InChI is InChI=1S/C20H24FN3O4S/c1-29(26,27)23-18-4-2-3-16(13-18)20(25)22-14-19(24-9-11-28-12-10-24)15-5-7-17(21)8-6-15/h2-8,13,19,23H,9-12,14H2,1H3,(H,22,25). The number of morpholine rings is 1. The molecule has 1 unspecified atom stereocenters. The summed E-state index contributed by atoms with van der Waals surface area (Å²) in [4.78, 5) is 14.8. The Balaban J connectivity index is 1.72. The zero-order chi connectivity index (χ0) is 20.9. The summed E-state index contributed by atoms with van der Waals surface area (Å²) >= 11 is 0. The second kappa shape index (κ2) is 9.34. The summed E-state index contributed by atoms with van der Waals surface area (Å²) in [5, 5.41) is 2.91. The Morgan fingerprint density at radius 2 is 1.86 bits per heavy atom. The number of hydrogen-bond donors (Lipinski definition) is 2. The van der Waals surface area contributed by atoms with E-state index in [1.165, 1.54) is 18.2 Å². The highest BCUT2D eigenvalue weighted by atomic mass is 32.2. The highest BCUT2D eigenvalue weighted by Crippen LogP contribution is 2.22. The zero-order valence-electron chi connectivity index (χ0n) is 16.1. The summed E-state index contributed by atoms with van der Waals surface area (Å²) in [5.74, 6) is -0.628. The lowest BCUT2D eigenvalue weighted by Crippen LogP contribution is -2.43. The highest BCUT2D eigenvalue weighted by molar-refractivity contribution is 7.92. The topological polar surface area (TPSA) is 87.7 Å². The van der Waals surface area contributed by atoms with Gasteiger partial charge in [-0.15, -0.1) is 0 Å². The lowest BCUT2D eigenvalue weighted by atomic mass is 10.0. The third-order valence-corrected chi connectivity index (χ3v) is 5.23. The minimum absolute atomic E-state index is 0.124. The molecule has 0 aliphatic carbocycles. The minimum Gasteiger partial charge on any atom is -0.379 e. The Morgan fingerprint density at radius 3 is 2.52 bits per heavy atom. The van der Waals surface area contributed by atoms with E-state index >= 15 is 0 Å². The van der Waals surface area contributed by atoms with Gasteiger partial charge in [0.1, 0.15) is 5.82 Å². The van der Waals surface area contributed by atoms with Crippen molar-refractivity contribution in [2.24, 2.45) is 0 Å². The van der Waals surface area contributed by atoms with Gasteiger partial charge < -0.3 is 10.1 Å². The van der Waals surface area contributed by atoms with Gasteiger partial charge in [-0.1, -0.05) is 18.2 Å². The van der Waals surface area contributed by atoms with Gasteiger partial charge >= 0.3 is 0 Å². The van der Waals surface area contributed by atoms with Gasteiger partial charge in [-0.25, -0.2) is 12.8 Å². The molecule has 156 valence electrons. The predicted molar refractivity (Wildman–Crippen MR) is 109 cm³/mol. The maximum absolute atomic E-state index is 13.3. The van der Waals surface area contributed by atoms with Crippen molar-refractivity contribution >= 4 is 21.6 Å². The van der Waals surface area contributed by atoms with Crippen molar-refractivity contribution in [3.8, 4) is 0 Å². The third kappa shape index (κ3) is 6.25. The van der Waals surface area contributed by atoms with Crippen molar-refractivity contribution in [1.29, 1.82) is 0 Å². The van der Waals surface area contributed by atoms with Gasteiger partial charge in [0.2, 0.25) is 10.0 Å². The molecule has 2 N–H and O–H groups in total. The van der Waals surface area contributed by atoms with E-state index in [1.54, 1.807) is 30.3 Å². The number of halogens is 1. The lowest BCUT2D eigenvalue weighted by molar-refractivity contribution is 0.0162. The summed E-state index contributed by atoms with van der Waals surface area (Å²) < 4.78 is 43.9. The number of anilines is 1. The number of rotatable bonds is 7. The molecule has 1 heterocycles. The van der Waals surface area contributed by atoms with Gasteiger partial charge in [-0.2, -0.15) is 0 Å². The van der Waals surface area contributed by atoms with Crippen LogP contribution in [-0.2, 0) is 14.8 Å². The fraction of sp³-hybridized carbons (Fsp3) is 0.350. The molecule has 29 heavy (non-hydrogen) atoms. The Kier molecular flexibility index (Phi) is 6.83. The average molecular weight is 421 g/mol. The minimum atomic E-state index is -3.43. The molecule has 7 nitrogen and oxygen atoms in total. The number of sulfonamides is 1. The van der Waals surface area contributed by atoms with Gasteiger partial charge in [-0.3, -0.25) is 14.4 Å². The molecule has 0 aromatic heterocycles. The van der Waals surface area contributed by atoms with Crippen LogP contribution in [0.2, 0.25) is 0 Å². The number of amides is 1. The SMILES string of the molecule is CS(=O)(=O)Nc1cccc(C(=O)NCC(c2ccc(F)cc2)N2CCOCC2)c1. The van der Waals surface area contributed by atoms with Crippen LogP contribution in [0.4, 0.5) is 10.1 Å². The quantitative estimate of drug-likeness (QED) is 0.714. The Hall–Kier alpha value is -2.49. The van der Waals surface area contributed by atoms with E-state index in [-0.39, 0.29) is 17.8 Å². The monoisotopic (exact) mass is 421 g/mol.